The van der Waals surface area contributed by atoms with E-state index in [0.29, 0.717) is 13.2 Å². The van der Waals surface area contributed by atoms with Crippen LogP contribution in [0.4, 0.5) is 0 Å². The van der Waals surface area contributed by atoms with E-state index in [0.717, 1.165) is 39.5 Å². The van der Waals surface area contributed by atoms with Gasteiger partial charge in [0.1, 0.15) is 23.9 Å². The summed E-state index contributed by atoms with van der Waals surface area (Å²) in [6.45, 7) is 11.1. The van der Waals surface area contributed by atoms with E-state index in [2.05, 4.69) is 29.8 Å². The van der Waals surface area contributed by atoms with E-state index < -0.39 is 0 Å². The Morgan fingerprint density at radius 1 is 0.943 bits per heavy atom. The molecule has 1 aromatic heterocycles. The van der Waals surface area contributed by atoms with Gasteiger partial charge in [0.25, 0.3) is 5.91 Å². The minimum atomic E-state index is -0.293. The summed E-state index contributed by atoms with van der Waals surface area (Å²) in [6.07, 6.45) is 0. The van der Waals surface area contributed by atoms with Crippen molar-refractivity contribution in [3.8, 4) is 11.5 Å². The topological polar surface area (TPSA) is 65.4 Å². The van der Waals surface area contributed by atoms with Gasteiger partial charge in [-0.1, -0.05) is 30.3 Å². The molecule has 0 saturated heterocycles. The first kappa shape index (κ1) is 24.3. The van der Waals surface area contributed by atoms with E-state index in [1.54, 1.807) is 0 Å². The van der Waals surface area contributed by atoms with Crippen LogP contribution in [0.5, 0.6) is 11.5 Å². The summed E-state index contributed by atoms with van der Waals surface area (Å²) in [5, 5.41) is 3.04. The Morgan fingerprint density at radius 2 is 1.69 bits per heavy atom. The van der Waals surface area contributed by atoms with Crippen LogP contribution in [0.2, 0.25) is 0 Å². The fraction of sp³-hybridized carbons (Fsp3) is 0.310. The Morgan fingerprint density at radius 3 is 2.46 bits per heavy atom. The van der Waals surface area contributed by atoms with Crippen LogP contribution in [0.15, 0.2) is 60.7 Å². The number of ether oxygens (including phenoxy) is 2. The molecule has 1 N–H and O–H groups in total. The average molecular weight is 472 g/mol. The molecule has 3 aromatic carbocycles. The molecule has 0 spiro atoms. The number of imidazole rings is 1. The van der Waals surface area contributed by atoms with Gasteiger partial charge < -0.3 is 19.4 Å². The van der Waals surface area contributed by atoms with Crippen molar-refractivity contribution in [2.75, 3.05) is 13.2 Å². The summed E-state index contributed by atoms with van der Waals surface area (Å²) >= 11 is 0. The fourth-order valence-corrected chi connectivity index (χ4v) is 4.28. The largest absolute Gasteiger partial charge is 0.492 e. The molecular weight excluding hydrogens is 438 g/mol. The van der Waals surface area contributed by atoms with E-state index in [9.17, 15) is 4.79 Å². The molecule has 4 rings (SSSR count). The van der Waals surface area contributed by atoms with Crippen molar-refractivity contribution in [2.24, 2.45) is 0 Å². The van der Waals surface area contributed by atoms with Gasteiger partial charge >= 0.3 is 0 Å². The molecule has 6 heteroatoms. The quantitative estimate of drug-likeness (QED) is 0.345. The number of carbonyl (C=O) groups is 1. The maximum Gasteiger partial charge on any atom is 0.258 e. The number of aryl methyl sites for hydroxylation is 4. The highest BCUT2D eigenvalue weighted by Gasteiger charge is 2.19. The Bertz CT molecular complexity index is 1320. The zero-order valence-electron chi connectivity index (χ0n) is 21.1. The van der Waals surface area contributed by atoms with Gasteiger partial charge in [0, 0.05) is 0 Å². The summed E-state index contributed by atoms with van der Waals surface area (Å²) in [4.78, 5) is 17.5. The molecule has 0 aliphatic heterocycles. The number of fused-ring (bicyclic) bond motifs is 1. The third-order valence-corrected chi connectivity index (χ3v) is 5.93. The number of hydrogen-bond acceptors (Lipinski definition) is 4. The molecule has 6 nitrogen and oxygen atoms in total. The van der Waals surface area contributed by atoms with Crippen molar-refractivity contribution < 1.29 is 14.3 Å². The minimum Gasteiger partial charge on any atom is -0.492 e. The zero-order chi connectivity index (χ0) is 24.9. The molecular formula is C29H33N3O3. The second-order valence-electron chi connectivity index (χ2n) is 9.13. The first-order valence-corrected chi connectivity index (χ1v) is 12.0. The smallest absolute Gasteiger partial charge is 0.258 e. The Hall–Kier alpha value is -3.80. The number of carbonyl (C=O) groups excluding carboxylic acids is 1. The lowest BCUT2D eigenvalue weighted by Gasteiger charge is -2.17. The molecule has 0 radical (unpaired) electrons. The molecule has 1 heterocycles. The molecule has 0 aliphatic carbocycles. The van der Waals surface area contributed by atoms with Gasteiger partial charge in [0.15, 0.2) is 6.61 Å². The van der Waals surface area contributed by atoms with Crippen LogP contribution in [-0.2, 0) is 11.3 Å². The Labute approximate surface area is 206 Å². The highest BCUT2D eigenvalue weighted by molar-refractivity contribution is 5.79. The molecule has 182 valence electrons. The first-order valence-electron chi connectivity index (χ1n) is 12.0. The number of amides is 1. The van der Waals surface area contributed by atoms with Gasteiger partial charge in [-0.15, -0.1) is 0 Å². The number of para-hydroxylation sites is 2. The van der Waals surface area contributed by atoms with Gasteiger partial charge in [0.2, 0.25) is 0 Å². The van der Waals surface area contributed by atoms with Crippen molar-refractivity contribution in [1.82, 2.24) is 14.9 Å². The van der Waals surface area contributed by atoms with Gasteiger partial charge in [0.05, 0.1) is 23.6 Å². The van der Waals surface area contributed by atoms with Crippen LogP contribution >= 0.6 is 0 Å². The predicted molar refractivity (Wildman–Crippen MR) is 139 cm³/mol. The molecule has 1 atom stereocenters. The van der Waals surface area contributed by atoms with Gasteiger partial charge in [-0.3, -0.25) is 4.79 Å². The first-order chi connectivity index (χ1) is 16.8. The van der Waals surface area contributed by atoms with Crippen molar-refractivity contribution in [1.29, 1.82) is 0 Å². The lowest BCUT2D eigenvalue weighted by molar-refractivity contribution is -0.123. The van der Waals surface area contributed by atoms with Crippen LogP contribution < -0.4 is 14.8 Å². The second-order valence-corrected chi connectivity index (χ2v) is 9.13. The second kappa shape index (κ2) is 10.6. The Balaban J connectivity index is 1.45. The molecule has 0 fully saturated rings. The highest BCUT2D eigenvalue weighted by atomic mass is 16.5. The average Bonchev–Trinajstić information content (AvgIpc) is 3.18. The van der Waals surface area contributed by atoms with Crippen LogP contribution in [-0.4, -0.2) is 28.7 Å². The number of nitrogens with zero attached hydrogens (tertiary/aromatic N) is 2. The zero-order valence-corrected chi connectivity index (χ0v) is 21.1. The number of hydrogen-bond donors (Lipinski definition) is 1. The molecule has 0 bridgehead atoms. The normalized spacial score (nSPS) is 11.9. The summed E-state index contributed by atoms with van der Waals surface area (Å²) < 4.78 is 14.0. The van der Waals surface area contributed by atoms with Crippen LogP contribution in [0.1, 0.15) is 41.0 Å². The van der Waals surface area contributed by atoms with E-state index in [1.807, 2.05) is 75.4 Å². The molecule has 0 saturated carbocycles. The summed E-state index contributed by atoms with van der Waals surface area (Å²) in [7, 11) is 0. The molecule has 35 heavy (non-hydrogen) atoms. The summed E-state index contributed by atoms with van der Waals surface area (Å²) in [6, 6.07) is 19.9. The maximum absolute atomic E-state index is 12.7. The molecule has 4 aromatic rings. The van der Waals surface area contributed by atoms with Crippen LogP contribution in [0.3, 0.4) is 0 Å². The summed E-state index contributed by atoms with van der Waals surface area (Å²) in [5.41, 5.74) is 6.35. The third-order valence-electron chi connectivity index (χ3n) is 5.93. The minimum absolute atomic E-state index is 0.0509. The maximum atomic E-state index is 12.7. The molecule has 1 unspecified atom stereocenters. The van der Waals surface area contributed by atoms with Crippen LogP contribution in [0.25, 0.3) is 11.0 Å². The van der Waals surface area contributed by atoms with Crippen molar-refractivity contribution in [2.45, 2.75) is 47.2 Å². The van der Waals surface area contributed by atoms with Gasteiger partial charge in [-0.05, 0) is 87.2 Å². The summed E-state index contributed by atoms with van der Waals surface area (Å²) in [5.74, 6) is 2.18. The number of aromatic nitrogens is 2. The number of rotatable bonds is 9. The standard InChI is InChI=1S/C29H33N3O3/c1-19-10-11-22(4)27(17-19)35-18-28(33)30-23(5)29-31-25-8-6-7-9-26(25)32(29)12-13-34-24-15-20(2)14-21(3)16-24/h6-11,14-17,23H,12-13,18H2,1-5H3,(H,30,33). The van der Waals surface area contributed by atoms with Crippen molar-refractivity contribution in [3.05, 3.63) is 88.7 Å². The Kier molecular flexibility index (Phi) is 7.39. The predicted octanol–water partition coefficient (Wildman–Crippen LogP) is 5.61. The monoisotopic (exact) mass is 471 g/mol. The van der Waals surface area contributed by atoms with E-state index in [4.69, 9.17) is 14.5 Å². The number of benzene rings is 3. The van der Waals surface area contributed by atoms with E-state index in [-0.39, 0.29) is 18.6 Å². The van der Waals surface area contributed by atoms with E-state index in [1.165, 1.54) is 11.1 Å². The van der Waals surface area contributed by atoms with Crippen molar-refractivity contribution >= 4 is 16.9 Å². The highest BCUT2D eigenvalue weighted by Crippen LogP contribution is 2.22. The molecule has 1 amide bonds. The lowest BCUT2D eigenvalue weighted by Crippen LogP contribution is -2.33. The SMILES string of the molecule is Cc1cc(C)cc(OCCn2c(C(C)NC(=O)COc3cc(C)ccc3C)nc3ccccc32)c1. The van der Waals surface area contributed by atoms with Crippen LogP contribution in [0, 0.1) is 27.7 Å². The fourth-order valence-electron chi connectivity index (χ4n) is 4.28. The third kappa shape index (κ3) is 6.01. The van der Waals surface area contributed by atoms with Gasteiger partial charge in [-0.25, -0.2) is 4.98 Å². The number of nitrogens with one attached hydrogen (secondary N) is 1. The molecule has 0 aliphatic rings. The van der Waals surface area contributed by atoms with E-state index >= 15 is 0 Å². The van der Waals surface area contributed by atoms with Crippen molar-refractivity contribution in [3.63, 3.8) is 0 Å². The van der Waals surface area contributed by atoms with Gasteiger partial charge in [-0.2, -0.15) is 0 Å². The lowest BCUT2D eigenvalue weighted by atomic mass is 10.1.